The molecular weight excluding hydrogens is 468 g/mol. The normalized spacial score (nSPS) is 15.5. The molecule has 15 heteroatoms. The van der Waals surface area contributed by atoms with E-state index in [0.717, 1.165) is 15.2 Å². The second kappa shape index (κ2) is 9.48. The first-order valence-electron chi connectivity index (χ1n) is 9.61. The van der Waals surface area contributed by atoms with Crippen molar-refractivity contribution >= 4 is 33.4 Å². The van der Waals surface area contributed by atoms with Gasteiger partial charge >= 0.3 is 12.7 Å². The van der Waals surface area contributed by atoms with Crippen LogP contribution in [0.15, 0.2) is 29.3 Å². The standard InChI is InChI=1S/C18H21F2N5O7S/c1-3-24-9-15(16(23-24)32-17(19)20)33(29,30)25-8-12(7-21-10(2)26)31-14-5-4-11(6-13(14)25)22-18(27)28/h4-6,9,12,17,22H,3,7-8H2,1-2H3,(H,21,26)(H,27,28). The molecule has 0 fully saturated rings. The Bertz CT molecular complexity index is 1160. The highest BCUT2D eigenvalue weighted by atomic mass is 32.2. The number of anilines is 2. The number of alkyl halides is 2. The van der Waals surface area contributed by atoms with Gasteiger partial charge in [-0.1, -0.05) is 0 Å². The molecule has 1 aliphatic heterocycles. The van der Waals surface area contributed by atoms with Crippen molar-refractivity contribution in [3.8, 4) is 11.6 Å². The van der Waals surface area contributed by atoms with E-state index >= 15 is 0 Å². The zero-order chi connectivity index (χ0) is 24.3. The minimum absolute atomic E-state index is 0.0347. The number of aryl methyl sites for hydroxylation is 1. The molecule has 0 spiro atoms. The fourth-order valence-corrected chi connectivity index (χ4v) is 4.68. The molecule has 3 rings (SSSR count). The SMILES string of the molecule is CCn1cc(S(=O)(=O)N2CC(CNC(C)=O)Oc3ccc(NC(=O)O)cc32)c(OC(F)F)n1. The van der Waals surface area contributed by atoms with Crippen LogP contribution >= 0.6 is 0 Å². The van der Waals surface area contributed by atoms with Crippen molar-refractivity contribution in [2.75, 3.05) is 22.7 Å². The van der Waals surface area contributed by atoms with Crippen LogP contribution in [0.5, 0.6) is 11.6 Å². The van der Waals surface area contributed by atoms with E-state index in [4.69, 9.17) is 9.84 Å². The number of fused-ring (bicyclic) bond motifs is 1. The maximum atomic E-state index is 13.6. The lowest BCUT2D eigenvalue weighted by molar-refractivity contribution is -0.119. The van der Waals surface area contributed by atoms with E-state index in [1.54, 1.807) is 6.92 Å². The number of hydrogen-bond acceptors (Lipinski definition) is 7. The van der Waals surface area contributed by atoms with Crippen LogP contribution in [0.4, 0.5) is 25.0 Å². The van der Waals surface area contributed by atoms with E-state index in [9.17, 15) is 26.8 Å². The summed E-state index contributed by atoms with van der Waals surface area (Å²) >= 11 is 0. The quantitative estimate of drug-likeness (QED) is 0.507. The molecule has 0 saturated carbocycles. The van der Waals surface area contributed by atoms with Crippen molar-refractivity contribution in [2.45, 2.75) is 38.0 Å². The number of benzene rings is 1. The molecule has 33 heavy (non-hydrogen) atoms. The van der Waals surface area contributed by atoms with Gasteiger partial charge in [0, 0.05) is 25.4 Å². The first kappa shape index (κ1) is 24.0. The Morgan fingerprint density at radius 3 is 2.73 bits per heavy atom. The number of carboxylic acid groups (broad SMARTS) is 1. The Hall–Kier alpha value is -3.62. The Morgan fingerprint density at radius 2 is 2.12 bits per heavy atom. The van der Waals surface area contributed by atoms with Crippen molar-refractivity contribution < 1.29 is 41.4 Å². The summed E-state index contributed by atoms with van der Waals surface area (Å²) in [6, 6.07) is 3.95. The molecular formula is C18H21F2N5O7S. The predicted molar refractivity (Wildman–Crippen MR) is 110 cm³/mol. The fourth-order valence-electron chi connectivity index (χ4n) is 3.11. The van der Waals surface area contributed by atoms with Crippen LogP contribution < -0.4 is 24.4 Å². The lowest BCUT2D eigenvalue weighted by atomic mass is 10.2. The average Bonchev–Trinajstić information content (AvgIpc) is 3.14. The Labute approximate surface area is 187 Å². The van der Waals surface area contributed by atoms with Gasteiger partial charge in [0.25, 0.3) is 15.9 Å². The minimum atomic E-state index is -4.53. The summed E-state index contributed by atoms with van der Waals surface area (Å²) in [5.41, 5.74) is 0.0197. The molecule has 0 bridgehead atoms. The predicted octanol–water partition coefficient (Wildman–Crippen LogP) is 1.69. The molecule has 1 aromatic heterocycles. The van der Waals surface area contributed by atoms with Crippen LogP contribution in [-0.2, 0) is 21.4 Å². The molecule has 12 nitrogen and oxygen atoms in total. The molecule has 3 N–H and O–H groups in total. The van der Waals surface area contributed by atoms with E-state index in [1.807, 2.05) is 0 Å². The largest absolute Gasteiger partial charge is 0.484 e. The molecule has 1 aromatic carbocycles. The fraction of sp³-hybridized carbons (Fsp3) is 0.389. The van der Waals surface area contributed by atoms with Crippen molar-refractivity contribution in [2.24, 2.45) is 0 Å². The van der Waals surface area contributed by atoms with Crippen molar-refractivity contribution in [3.63, 3.8) is 0 Å². The summed E-state index contributed by atoms with van der Waals surface area (Å²) in [5.74, 6) is -1.06. The number of nitrogens with zero attached hydrogens (tertiary/aromatic N) is 3. The second-order valence-electron chi connectivity index (χ2n) is 6.86. The average molecular weight is 489 g/mol. The highest BCUT2D eigenvalue weighted by Crippen LogP contribution is 2.40. The van der Waals surface area contributed by atoms with Gasteiger partial charge in [-0.3, -0.25) is 19.1 Å². The zero-order valence-corrected chi connectivity index (χ0v) is 18.3. The topological polar surface area (TPSA) is 152 Å². The molecule has 2 aromatic rings. The van der Waals surface area contributed by atoms with Crippen LogP contribution in [0.3, 0.4) is 0 Å². The van der Waals surface area contributed by atoms with Crippen LogP contribution in [-0.4, -0.2) is 61.1 Å². The van der Waals surface area contributed by atoms with Crippen LogP contribution in [0.2, 0.25) is 0 Å². The van der Waals surface area contributed by atoms with Gasteiger partial charge in [-0.15, -0.1) is 5.10 Å². The van der Waals surface area contributed by atoms with Gasteiger partial charge in [-0.05, 0) is 25.1 Å². The molecule has 2 amide bonds. The van der Waals surface area contributed by atoms with E-state index in [0.29, 0.717) is 0 Å². The molecule has 1 unspecified atom stereocenters. The third kappa shape index (κ3) is 5.42. The number of carbonyl (C=O) groups excluding carboxylic acids is 1. The van der Waals surface area contributed by atoms with Gasteiger partial charge in [0.15, 0.2) is 4.90 Å². The summed E-state index contributed by atoms with van der Waals surface area (Å²) in [4.78, 5) is 21.7. The summed E-state index contributed by atoms with van der Waals surface area (Å²) in [6.07, 6.45) is -1.14. The molecule has 0 saturated heterocycles. The van der Waals surface area contributed by atoms with E-state index < -0.39 is 39.6 Å². The van der Waals surface area contributed by atoms with Gasteiger partial charge in [0.2, 0.25) is 5.91 Å². The summed E-state index contributed by atoms with van der Waals surface area (Å²) in [5, 5.41) is 17.4. The van der Waals surface area contributed by atoms with E-state index in [2.05, 4.69) is 20.5 Å². The van der Waals surface area contributed by atoms with E-state index in [-0.39, 0.29) is 42.7 Å². The molecule has 0 radical (unpaired) electrons. The van der Waals surface area contributed by atoms with E-state index in [1.165, 1.54) is 25.1 Å². The lowest BCUT2D eigenvalue weighted by Gasteiger charge is -2.35. The smallest absolute Gasteiger partial charge is 0.409 e. The Balaban J connectivity index is 2.09. The first-order chi connectivity index (χ1) is 15.5. The maximum Gasteiger partial charge on any atom is 0.409 e. The number of aromatic nitrogens is 2. The number of amides is 2. The van der Waals surface area contributed by atoms with Gasteiger partial charge in [-0.25, -0.2) is 13.2 Å². The number of hydrogen-bond donors (Lipinski definition) is 3. The number of halogens is 2. The third-order valence-electron chi connectivity index (χ3n) is 4.51. The number of rotatable bonds is 8. The van der Waals surface area contributed by atoms with Crippen LogP contribution in [0, 0.1) is 0 Å². The van der Waals surface area contributed by atoms with Crippen LogP contribution in [0.1, 0.15) is 13.8 Å². The van der Waals surface area contributed by atoms with Crippen molar-refractivity contribution in [1.29, 1.82) is 0 Å². The molecule has 2 heterocycles. The van der Waals surface area contributed by atoms with Gasteiger partial charge in [-0.2, -0.15) is 8.78 Å². The number of nitrogens with one attached hydrogen (secondary N) is 2. The first-order valence-corrected chi connectivity index (χ1v) is 11.0. The summed E-state index contributed by atoms with van der Waals surface area (Å²) in [6.45, 7) is -0.556. The zero-order valence-electron chi connectivity index (χ0n) is 17.5. The molecule has 1 aliphatic rings. The third-order valence-corrected chi connectivity index (χ3v) is 6.27. The van der Waals surface area contributed by atoms with Gasteiger partial charge in [0.1, 0.15) is 11.9 Å². The highest BCUT2D eigenvalue weighted by Gasteiger charge is 2.38. The monoisotopic (exact) mass is 489 g/mol. The summed E-state index contributed by atoms with van der Waals surface area (Å²) in [7, 11) is -4.53. The highest BCUT2D eigenvalue weighted by molar-refractivity contribution is 7.93. The lowest BCUT2D eigenvalue weighted by Crippen LogP contribution is -2.48. The van der Waals surface area contributed by atoms with Crippen LogP contribution in [0.25, 0.3) is 0 Å². The minimum Gasteiger partial charge on any atom is -0.484 e. The second-order valence-corrected chi connectivity index (χ2v) is 8.69. The van der Waals surface area contributed by atoms with Gasteiger partial charge < -0.3 is 19.9 Å². The number of sulfonamides is 1. The summed E-state index contributed by atoms with van der Waals surface area (Å²) < 4.78 is 65.0. The van der Waals surface area contributed by atoms with Gasteiger partial charge in [0.05, 0.1) is 18.8 Å². The number of carbonyl (C=O) groups is 2. The Morgan fingerprint density at radius 1 is 1.39 bits per heavy atom. The Kier molecular flexibility index (Phi) is 6.90. The molecule has 0 aliphatic carbocycles. The molecule has 180 valence electrons. The van der Waals surface area contributed by atoms with Crippen molar-refractivity contribution in [3.05, 3.63) is 24.4 Å². The number of ether oxygens (including phenoxy) is 2. The maximum absolute atomic E-state index is 13.6. The molecule has 1 atom stereocenters. The van der Waals surface area contributed by atoms with Crippen molar-refractivity contribution in [1.82, 2.24) is 15.1 Å².